The Morgan fingerprint density at radius 3 is 2.19 bits per heavy atom. The number of anilines is 1. The zero-order valence-electron chi connectivity index (χ0n) is 18.0. The summed E-state index contributed by atoms with van der Waals surface area (Å²) in [7, 11) is 0. The number of pyridine rings is 1. The number of aromatic nitrogens is 1. The molecule has 1 amide bonds. The summed E-state index contributed by atoms with van der Waals surface area (Å²) in [5.74, 6) is 1.81. The highest BCUT2D eigenvalue weighted by molar-refractivity contribution is 6.04. The van der Waals surface area contributed by atoms with Crippen molar-refractivity contribution < 1.29 is 19.0 Å². The minimum absolute atomic E-state index is 0.204. The fourth-order valence-corrected chi connectivity index (χ4v) is 2.79. The molecule has 0 unspecified atom stereocenters. The molecule has 0 aliphatic carbocycles. The van der Waals surface area contributed by atoms with Gasteiger partial charge in [0.1, 0.15) is 12.4 Å². The van der Waals surface area contributed by atoms with E-state index >= 15 is 0 Å². The number of nitrogens with zero attached hydrogens (tertiary/aromatic N) is 1. The van der Waals surface area contributed by atoms with Gasteiger partial charge in [-0.3, -0.25) is 9.78 Å². The maximum atomic E-state index is 12.7. The van der Waals surface area contributed by atoms with Gasteiger partial charge in [-0.2, -0.15) is 0 Å². The SMILES string of the molecule is CCCOc1ccc(NC(=O)c2ccc(OCc3ccncc3)cc2)cc1OCCC. The van der Waals surface area contributed by atoms with Crippen LogP contribution in [0.15, 0.2) is 67.0 Å². The third kappa shape index (κ3) is 6.74. The number of ether oxygens (including phenoxy) is 3. The number of carbonyl (C=O) groups is 1. The van der Waals surface area contributed by atoms with Gasteiger partial charge in [0, 0.05) is 29.7 Å². The molecule has 0 aliphatic heterocycles. The Hall–Kier alpha value is -3.54. The van der Waals surface area contributed by atoms with Gasteiger partial charge in [0.25, 0.3) is 5.91 Å². The number of rotatable bonds is 11. The lowest BCUT2D eigenvalue weighted by Gasteiger charge is -2.14. The minimum Gasteiger partial charge on any atom is -0.490 e. The maximum absolute atomic E-state index is 12.7. The lowest BCUT2D eigenvalue weighted by Crippen LogP contribution is -2.12. The predicted molar refractivity (Wildman–Crippen MR) is 121 cm³/mol. The van der Waals surface area contributed by atoms with Crippen LogP contribution in [0.3, 0.4) is 0 Å². The largest absolute Gasteiger partial charge is 0.490 e. The molecule has 0 atom stereocenters. The van der Waals surface area contributed by atoms with E-state index in [0.717, 1.165) is 18.4 Å². The molecular weight excluding hydrogens is 392 g/mol. The molecule has 2 aromatic carbocycles. The van der Waals surface area contributed by atoms with Crippen LogP contribution in [0.1, 0.15) is 42.6 Å². The molecule has 31 heavy (non-hydrogen) atoms. The molecule has 0 bridgehead atoms. The second-order valence-electron chi connectivity index (χ2n) is 6.98. The number of amides is 1. The smallest absolute Gasteiger partial charge is 0.255 e. The monoisotopic (exact) mass is 420 g/mol. The fourth-order valence-electron chi connectivity index (χ4n) is 2.79. The number of nitrogens with one attached hydrogen (secondary N) is 1. The average Bonchev–Trinajstić information content (AvgIpc) is 2.81. The Bertz CT molecular complexity index is 959. The molecule has 1 N–H and O–H groups in total. The number of carbonyl (C=O) groups excluding carboxylic acids is 1. The van der Waals surface area contributed by atoms with E-state index in [1.165, 1.54) is 0 Å². The molecule has 0 spiro atoms. The molecule has 162 valence electrons. The maximum Gasteiger partial charge on any atom is 0.255 e. The number of hydrogen-bond donors (Lipinski definition) is 1. The van der Waals surface area contributed by atoms with Gasteiger partial charge >= 0.3 is 0 Å². The van der Waals surface area contributed by atoms with E-state index in [9.17, 15) is 4.79 Å². The highest BCUT2D eigenvalue weighted by Crippen LogP contribution is 2.31. The van der Waals surface area contributed by atoms with Crippen LogP contribution in [0.2, 0.25) is 0 Å². The molecule has 0 fully saturated rings. The zero-order chi connectivity index (χ0) is 21.9. The van der Waals surface area contributed by atoms with E-state index < -0.39 is 0 Å². The predicted octanol–water partition coefficient (Wildman–Crippen LogP) is 5.49. The van der Waals surface area contributed by atoms with Gasteiger partial charge in [-0.25, -0.2) is 0 Å². The highest BCUT2D eigenvalue weighted by Gasteiger charge is 2.11. The van der Waals surface area contributed by atoms with E-state index in [4.69, 9.17) is 14.2 Å². The van der Waals surface area contributed by atoms with Crippen LogP contribution >= 0.6 is 0 Å². The Morgan fingerprint density at radius 2 is 1.52 bits per heavy atom. The van der Waals surface area contributed by atoms with Crippen molar-refractivity contribution in [3.8, 4) is 17.2 Å². The molecular formula is C25H28N2O4. The molecule has 0 aliphatic rings. The van der Waals surface area contributed by atoms with Crippen LogP contribution in [-0.2, 0) is 6.61 Å². The van der Waals surface area contributed by atoms with Gasteiger partial charge in [-0.1, -0.05) is 13.8 Å². The summed E-state index contributed by atoms with van der Waals surface area (Å²) < 4.78 is 17.3. The molecule has 0 radical (unpaired) electrons. The van der Waals surface area contributed by atoms with Crippen molar-refractivity contribution in [2.45, 2.75) is 33.3 Å². The zero-order valence-corrected chi connectivity index (χ0v) is 18.0. The third-order valence-electron chi connectivity index (χ3n) is 4.40. The van der Waals surface area contributed by atoms with Crippen LogP contribution in [0.4, 0.5) is 5.69 Å². The van der Waals surface area contributed by atoms with Crippen molar-refractivity contribution in [3.63, 3.8) is 0 Å². The Kier molecular flexibility index (Phi) is 8.29. The van der Waals surface area contributed by atoms with Crippen molar-refractivity contribution in [1.29, 1.82) is 0 Å². The summed E-state index contributed by atoms with van der Waals surface area (Å²) in [5.41, 5.74) is 2.22. The topological polar surface area (TPSA) is 69.7 Å². The van der Waals surface area contributed by atoms with Gasteiger partial charge in [-0.15, -0.1) is 0 Å². The van der Waals surface area contributed by atoms with Gasteiger partial charge in [0.2, 0.25) is 0 Å². The average molecular weight is 421 g/mol. The van der Waals surface area contributed by atoms with E-state index in [1.807, 2.05) is 31.2 Å². The molecule has 6 heteroatoms. The molecule has 3 aromatic rings. The first-order valence-corrected chi connectivity index (χ1v) is 10.5. The Morgan fingerprint density at radius 1 is 0.839 bits per heavy atom. The third-order valence-corrected chi connectivity index (χ3v) is 4.40. The first kappa shape index (κ1) is 22.2. The van der Waals surface area contributed by atoms with Crippen LogP contribution in [0.25, 0.3) is 0 Å². The lowest BCUT2D eigenvalue weighted by molar-refractivity contribution is 0.102. The molecule has 0 saturated carbocycles. The molecule has 6 nitrogen and oxygen atoms in total. The Labute approximate surface area is 183 Å². The fraction of sp³-hybridized carbons (Fsp3) is 0.280. The minimum atomic E-state index is -0.204. The van der Waals surface area contributed by atoms with Crippen molar-refractivity contribution >= 4 is 11.6 Å². The summed E-state index contributed by atoms with van der Waals surface area (Å²) in [6, 6.07) is 16.3. The highest BCUT2D eigenvalue weighted by atomic mass is 16.5. The number of benzene rings is 2. The Balaban J connectivity index is 1.62. The van der Waals surface area contributed by atoms with Crippen molar-refractivity contribution in [3.05, 3.63) is 78.1 Å². The molecule has 3 rings (SSSR count). The molecule has 1 aromatic heterocycles. The van der Waals surface area contributed by atoms with Gasteiger partial charge in [-0.05, 0) is 66.9 Å². The van der Waals surface area contributed by atoms with Crippen molar-refractivity contribution in [2.75, 3.05) is 18.5 Å². The van der Waals surface area contributed by atoms with E-state index in [0.29, 0.717) is 48.3 Å². The first-order chi connectivity index (χ1) is 15.2. The normalized spacial score (nSPS) is 10.4. The summed E-state index contributed by atoms with van der Waals surface area (Å²) in [5, 5.41) is 2.91. The summed E-state index contributed by atoms with van der Waals surface area (Å²) in [6.45, 7) is 5.74. The standard InChI is InChI=1S/C25H28N2O4/c1-3-15-29-23-10-7-21(17-24(23)30-16-4-2)27-25(28)20-5-8-22(9-6-20)31-18-19-11-13-26-14-12-19/h5-14,17H,3-4,15-16,18H2,1-2H3,(H,27,28). The van der Waals surface area contributed by atoms with Crippen molar-refractivity contribution in [1.82, 2.24) is 4.98 Å². The lowest BCUT2D eigenvalue weighted by atomic mass is 10.2. The number of hydrogen-bond acceptors (Lipinski definition) is 5. The van der Waals surface area contributed by atoms with E-state index in [-0.39, 0.29) is 5.91 Å². The van der Waals surface area contributed by atoms with Gasteiger partial charge in [0.05, 0.1) is 13.2 Å². The molecule has 0 saturated heterocycles. The van der Waals surface area contributed by atoms with E-state index in [2.05, 4.69) is 17.2 Å². The first-order valence-electron chi connectivity index (χ1n) is 10.5. The summed E-state index contributed by atoms with van der Waals surface area (Å²) in [6.07, 6.45) is 5.26. The quantitative estimate of drug-likeness (QED) is 0.444. The molecule has 1 heterocycles. The summed E-state index contributed by atoms with van der Waals surface area (Å²) in [4.78, 5) is 16.6. The second-order valence-corrected chi connectivity index (χ2v) is 6.98. The van der Waals surface area contributed by atoms with Crippen molar-refractivity contribution in [2.24, 2.45) is 0 Å². The van der Waals surface area contributed by atoms with Gasteiger partial charge < -0.3 is 19.5 Å². The van der Waals surface area contributed by atoms with Crippen LogP contribution in [0.5, 0.6) is 17.2 Å². The summed E-state index contributed by atoms with van der Waals surface area (Å²) >= 11 is 0. The van der Waals surface area contributed by atoms with Crippen LogP contribution in [-0.4, -0.2) is 24.1 Å². The van der Waals surface area contributed by atoms with Crippen LogP contribution in [0, 0.1) is 0 Å². The van der Waals surface area contributed by atoms with Crippen LogP contribution < -0.4 is 19.5 Å². The van der Waals surface area contributed by atoms with Gasteiger partial charge in [0.15, 0.2) is 11.5 Å². The van der Waals surface area contributed by atoms with E-state index in [1.54, 1.807) is 42.7 Å². The second kappa shape index (κ2) is 11.6.